The molecule has 2 N–H and O–H groups in total. The van der Waals surface area contributed by atoms with E-state index in [1.165, 1.54) is 0 Å². The minimum atomic E-state index is -4.01. The number of carbonyl (C=O) groups excluding carboxylic acids is 1. The van der Waals surface area contributed by atoms with Gasteiger partial charge in [0.05, 0.1) is 18.7 Å². The van der Waals surface area contributed by atoms with E-state index in [2.05, 4.69) is 0 Å². The first-order valence-corrected chi connectivity index (χ1v) is 8.48. The molecule has 0 aromatic heterocycles. The average molecular weight is 306 g/mol. The second-order valence-electron chi connectivity index (χ2n) is 6.02. The van der Waals surface area contributed by atoms with E-state index in [9.17, 15) is 22.7 Å². The Balaban J connectivity index is 1.87. The number of hydrogen-bond donors (Lipinski definition) is 2. The number of rotatable bonds is 1. The van der Waals surface area contributed by atoms with E-state index < -0.39 is 41.0 Å². The highest BCUT2D eigenvalue weighted by Crippen LogP contribution is 2.44. The first-order chi connectivity index (χ1) is 9.40. The standard InChI is InChI=1S/C12H19FN2O4S/c13-11-8-4-2-1-3-7(8)5-9(16)12(11)15-6-10(17)14-20(15,18)19/h7-9,11-12,16H,1-6H2,(H,14,17). The van der Waals surface area contributed by atoms with Gasteiger partial charge in [0.1, 0.15) is 6.17 Å². The number of halogens is 1. The molecule has 3 rings (SSSR count). The number of aliphatic hydroxyl groups is 1. The van der Waals surface area contributed by atoms with Crippen LogP contribution in [-0.2, 0) is 15.0 Å². The Morgan fingerprint density at radius 1 is 1.30 bits per heavy atom. The molecule has 0 radical (unpaired) electrons. The van der Waals surface area contributed by atoms with Crippen LogP contribution >= 0.6 is 0 Å². The Labute approximate surface area is 117 Å². The van der Waals surface area contributed by atoms with Crippen molar-refractivity contribution in [3.8, 4) is 0 Å². The summed E-state index contributed by atoms with van der Waals surface area (Å²) in [5.74, 6) is -0.753. The van der Waals surface area contributed by atoms with Crippen LogP contribution in [0.15, 0.2) is 0 Å². The fourth-order valence-corrected chi connectivity index (χ4v) is 5.27. The molecule has 3 fully saturated rings. The molecule has 5 unspecified atom stereocenters. The van der Waals surface area contributed by atoms with Gasteiger partial charge in [-0.1, -0.05) is 12.8 Å². The Kier molecular flexibility index (Phi) is 3.50. The molecule has 0 aromatic carbocycles. The lowest BCUT2D eigenvalue weighted by Gasteiger charge is -2.46. The van der Waals surface area contributed by atoms with E-state index in [4.69, 9.17) is 0 Å². The van der Waals surface area contributed by atoms with Gasteiger partial charge in [-0.15, -0.1) is 0 Å². The van der Waals surface area contributed by atoms with E-state index in [1.807, 2.05) is 4.72 Å². The Bertz CT molecular complexity index is 512. The number of amides is 1. The summed E-state index contributed by atoms with van der Waals surface area (Å²) in [6, 6.07) is -1.14. The molecule has 0 aromatic rings. The Hall–Kier alpha value is -0.730. The summed E-state index contributed by atoms with van der Waals surface area (Å²) < 4.78 is 41.1. The van der Waals surface area contributed by atoms with Gasteiger partial charge in [0.25, 0.3) is 0 Å². The molecule has 8 heteroatoms. The van der Waals surface area contributed by atoms with Gasteiger partial charge < -0.3 is 5.11 Å². The van der Waals surface area contributed by atoms with Gasteiger partial charge in [0.15, 0.2) is 0 Å². The highest BCUT2D eigenvalue weighted by Gasteiger charge is 2.52. The van der Waals surface area contributed by atoms with Crippen molar-refractivity contribution in [2.75, 3.05) is 6.54 Å². The van der Waals surface area contributed by atoms with Crippen LogP contribution in [0.5, 0.6) is 0 Å². The molecule has 1 amide bonds. The van der Waals surface area contributed by atoms with Gasteiger partial charge in [0, 0.05) is 0 Å². The normalized spacial score (nSPS) is 44.9. The van der Waals surface area contributed by atoms with Gasteiger partial charge in [-0.3, -0.25) is 4.79 Å². The molecule has 2 saturated carbocycles. The van der Waals surface area contributed by atoms with E-state index in [1.54, 1.807) is 0 Å². The number of nitrogens with one attached hydrogen (secondary N) is 1. The van der Waals surface area contributed by atoms with Crippen LogP contribution in [-0.4, -0.2) is 48.6 Å². The molecule has 1 heterocycles. The lowest BCUT2D eigenvalue weighted by molar-refractivity contribution is -0.119. The highest BCUT2D eigenvalue weighted by atomic mass is 32.2. The predicted molar refractivity (Wildman–Crippen MR) is 68.5 cm³/mol. The van der Waals surface area contributed by atoms with Gasteiger partial charge in [0.2, 0.25) is 5.91 Å². The second-order valence-corrected chi connectivity index (χ2v) is 7.65. The molecule has 1 aliphatic heterocycles. The first-order valence-electron chi connectivity index (χ1n) is 7.04. The number of alkyl halides is 1. The zero-order valence-electron chi connectivity index (χ0n) is 11.0. The zero-order valence-corrected chi connectivity index (χ0v) is 11.9. The highest BCUT2D eigenvalue weighted by molar-refractivity contribution is 7.88. The van der Waals surface area contributed by atoms with E-state index in [0.29, 0.717) is 6.42 Å². The van der Waals surface area contributed by atoms with Crippen LogP contribution in [0.1, 0.15) is 32.1 Å². The van der Waals surface area contributed by atoms with Crippen LogP contribution < -0.4 is 4.72 Å². The fraction of sp³-hybridized carbons (Fsp3) is 0.917. The van der Waals surface area contributed by atoms with Crippen LogP contribution in [0.3, 0.4) is 0 Å². The summed E-state index contributed by atoms with van der Waals surface area (Å²) in [6.45, 7) is -0.401. The summed E-state index contributed by atoms with van der Waals surface area (Å²) in [5, 5.41) is 10.2. The van der Waals surface area contributed by atoms with Crippen LogP contribution in [0.2, 0.25) is 0 Å². The summed E-state index contributed by atoms with van der Waals surface area (Å²) in [5.41, 5.74) is 0. The van der Waals surface area contributed by atoms with Crippen molar-refractivity contribution in [3.05, 3.63) is 0 Å². The smallest absolute Gasteiger partial charge is 0.304 e. The molecule has 3 aliphatic rings. The molecule has 5 atom stereocenters. The molecular formula is C12H19FN2O4S. The lowest BCUT2D eigenvalue weighted by Crippen LogP contribution is -2.58. The Morgan fingerprint density at radius 2 is 2.00 bits per heavy atom. The van der Waals surface area contributed by atoms with Crippen molar-refractivity contribution in [1.29, 1.82) is 0 Å². The van der Waals surface area contributed by atoms with Crippen LogP contribution in [0.4, 0.5) is 4.39 Å². The average Bonchev–Trinajstić information content (AvgIpc) is 2.63. The molecule has 1 saturated heterocycles. The largest absolute Gasteiger partial charge is 0.391 e. The van der Waals surface area contributed by atoms with E-state index in [-0.39, 0.29) is 11.8 Å². The van der Waals surface area contributed by atoms with Crippen molar-refractivity contribution < 1.29 is 22.7 Å². The molecule has 20 heavy (non-hydrogen) atoms. The SMILES string of the molecule is O=C1CN(C2C(O)CC3CCCCC3C2F)S(=O)(=O)N1. The first kappa shape index (κ1) is 14.2. The Morgan fingerprint density at radius 3 is 2.65 bits per heavy atom. The predicted octanol–water partition coefficient (Wildman–Crippen LogP) is -0.0593. The number of nitrogens with zero attached hydrogens (tertiary/aromatic N) is 1. The van der Waals surface area contributed by atoms with Gasteiger partial charge in [-0.2, -0.15) is 12.7 Å². The quantitative estimate of drug-likeness (QED) is 0.710. The second kappa shape index (κ2) is 4.92. The number of aliphatic hydroxyl groups excluding tert-OH is 1. The van der Waals surface area contributed by atoms with Crippen molar-refractivity contribution >= 4 is 16.1 Å². The monoisotopic (exact) mass is 306 g/mol. The lowest BCUT2D eigenvalue weighted by atomic mass is 9.67. The minimum absolute atomic E-state index is 0.124. The maximum atomic E-state index is 14.8. The molecule has 2 aliphatic carbocycles. The number of hydrogen-bond acceptors (Lipinski definition) is 4. The summed E-state index contributed by atoms with van der Waals surface area (Å²) in [7, 11) is -4.01. The summed E-state index contributed by atoms with van der Waals surface area (Å²) >= 11 is 0. The molecule has 0 bridgehead atoms. The van der Waals surface area contributed by atoms with Crippen molar-refractivity contribution in [1.82, 2.24) is 9.03 Å². The zero-order chi connectivity index (χ0) is 14.5. The molecular weight excluding hydrogens is 287 g/mol. The maximum Gasteiger partial charge on any atom is 0.304 e. The van der Waals surface area contributed by atoms with E-state index >= 15 is 0 Å². The van der Waals surface area contributed by atoms with Gasteiger partial charge in [-0.05, 0) is 31.1 Å². The van der Waals surface area contributed by atoms with Crippen molar-refractivity contribution in [3.63, 3.8) is 0 Å². The van der Waals surface area contributed by atoms with Crippen LogP contribution in [0, 0.1) is 11.8 Å². The third-order valence-electron chi connectivity index (χ3n) is 4.83. The third kappa shape index (κ3) is 2.23. The van der Waals surface area contributed by atoms with Crippen LogP contribution in [0.25, 0.3) is 0 Å². The summed E-state index contributed by atoms with van der Waals surface area (Å²) in [6.07, 6.45) is 1.54. The molecule has 6 nitrogen and oxygen atoms in total. The molecule has 0 spiro atoms. The third-order valence-corrected chi connectivity index (χ3v) is 6.30. The van der Waals surface area contributed by atoms with Crippen molar-refractivity contribution in [2.45, 2.75) is 50.4 Å². The van der Waals surface area contributed by atoms with Gasteiger partial charge in [-0.25, -0.2) is 9.11 Å². The number of carbonyl (C=O) groups is 1. The minimum Gasteiger partial charge on any atom is -0.391 e. The fourth-order valence-electron chi connectivity index (χ4n) is 3.94. The topological polar surface area (TPSA) is 86.7 Å². The maximum absolute atomic E-state index is 14.8. The molecule has 114 valence electrons. The van der Waals surface area contributed by atoms with Crippen molar-refractivity contribution in [2.24, 2.45) is 11.8 Å². The van der Waals surface area contributed by atoms with Gasteiger partial charge >= 0.3 is 10.2 Å². The number of fused-ring (bicyclic) bond motifs is 1. The van der Waals surface area contributed by atoms with E-state index in [0.717, 1.165) is 30.0 Å². The summed E-state index contributed by atoms with van der Waals surface area (Å²) in [4.78, 5) is 11.3.